The average Bonchev–Trinajstić information content (AvgIpc) is 2.76. The first-order valence-corrected chi connectivity index (χ1v) is 5.34. The summed E-state index contributed by atoms with van der Waals surface area (Å²) in [7, 11) is 0. The highest BCUT2D eigenvalue weighted by Gasteiger charge is 2.17. The summed E-state index contributed by atoms with van der Waals surface area (Å²) < 4.78 is 20.3. The second kappa shape index (κ2) is 4.87. The molecule has 0 spiro atoms. The van der Waals surface area contributed by atoms with Crippen molar-refractivity contribution in [3.05, 3.63) is 42.0 Å². The fourth-order valence-electron chi connectivity index (χ4n) is 1.49. The third-order valence-electron chi connectivity index (χ3n) is 2.35. The molecule has 0 aliphatic carbocycles. The number of carboxylic acid groups (broad SMARTS) is 1. The molecule has 1 aromatic carbocycles. The van der Waals surface area contributed by atoms with Crippen LogP contribution < -0.4 is 4.74 Å². The molecule has 0 radical (unpaired) electrons. The predicted octanol–water partition coefficient (Wildman–Crippen LogP) is 2.53. The molecule has 0 saturated carbocycles. The molecule has 0 amide bonds. The van der Waals surface area contributed by atoms with Crippen LogP contribution in [0.4, 0.5) is 4.39 Å². The third-order valence-corrected chi connectivity index (χ3v) is 2.35. The summed E-state index contributed by atoms with van der Waals surface area (Å²) >= 11 is 0. The van der Waals surface area contributed by atoms with Gasteiger partial charge in [-0.1, -0.05) is 6.07 Å². The van der Waals surface area contributed by atoms with Gasteiger partial charge in [-0.15, -0.1) is 0 Å². The van der Waals surface area contributed by atoms with Crippen molar-refractivity contribution in [3.8, 4) is 11.5 Å². The van der Waals surface area contributed by atoms with Crippen molar-refractivity contribution in [2.24, 2.45) is 0 Å². The number of ether oxygens (including phenoxy) is 1. The van der Waals surface area contributed by atoms with Crippen molar-refractivity contribution in [1.82, 2.24) is 9.78 Å². The van der Waals surface area contributed by atoms with Crippen LogP contribution in [0, 0.1) is 5.82 Å². The SMILES string of the molecule is CCn1cc(Oc2cccc(F)c2C(=O)O)cn1. The summed E-state index contributed by atoms with van der Waals surface area (Å²) in [6, 6.07) is 3.86. The minimum absolute atomic E-state index is 0.0434. The van der Waals surface area contributed by atoms with E-state index in [4.69, 9.17) is 9.84 Å². The van der Waals surface area contributed by atoms with E-state index in [2.05, 4.69) is 5.10 Å². The van der Waals surface area contributed by atoms with Gasteiger partial charge in [0.1, 0.15) is 17.1 Å². The molecule has 0 fully saturated rings. The lowest BCUT2D eigenvalue weighted by molar-refractivity contribution is 0.0689. The quantitative estimate of drug-likeness (QED) is 0.905. The maximum Gasteiger partial charge on any atom is 0.342 e. The molecule has 18 heavy (non-hydrogen) atoms. The number of nitrogens with zero attached hydrogens (tertiary/aromatic N) is 2. The topological polar surface area (TPSA) is 64.3 Å². The maximum absolute atomic E-state index is 13.4. The highest BCUT2D eigenvalue weighted by Crippen LogP contribution is 2.26. The van der Waals surface area contributed by atoms with Crippen LogP contribution in [0.25, 0.3) is 0 Å². The Morgan fingerprint density at radius 2 is 2.33 bits per heavy atom. The number of carboxylic acids is 1. The number of aromatic nitrogens is 2. The highest BCUT2D eigenvalue weighted by atomic mass is 19.1. The number of aromatic carboxylic acids is 1. The zero-order valence-corrected chi connectivity index (χ0v) is 9.63. The van der Waals surface area contributed by atoms with E-state index >= 15 is 0 Å². The number of benzene rings is 1. The summed E-state index contributed by atoms with van der Waals surface area (Å²) in [5.74, 6) is -1.88. The van der Waals surface area contributed by atoms with Crippen LogP contribution in [0.15, 0.2) is 30.6 Å². The van der Waals surface area contributed by atoms with Gasteiger partial charge < -0.3 is 9.84 Å². The third kappa shape index (κ3) is 2.32. The van der Waals surface area contributed by atoms with Gasteiger partial charge in [0, 0.05) is 6.54 Å². The molecule has 94 valence electrons. The van der Waals surface area contributed by atoms with Gasteiger partial charge in [-0.2, -0.15) is 5.10 Å². The monoisotopic (exact) mass is 250 g/mol. The minimum atomic E-state index is -1.37. The lowest BCUT2D eigenvalue weighted by Crippen LogP contribution is -2.03. The minimum Gasteiger partial charge on any atom is -0.477 e. The molecular formula is C12H11FN2O3. The van der Waals surface area contributed by atoms with Crippen molar-refractivity contribution in [2.75, 3.05) is 0 Å². The van der Waals surface area contributed by atoms with Crippen LogP contribution in [0.5, 0.6) is 11.5 Å². The number of aryl methyl sites for hydroxylation is 1. The Labute approximate surface area is 102 Å². The van der Waals surface area contributed by atoms with E-state index in [1.54, 1.807) is 10.9 Å². The Morgan fingerprint density at radius 1 is 1.56 bits per heavy atom. The normalized spacial score (nSPS) is 10.3. The second-order valence-electron chi connectivity index (χ2n) is 3.55. The summed E-state index contributed by atoms with van der Waals surface area (Å²) in [5.41, 5.74) is -0.484. The summed E-state index contributed by atoms with van der Waals surface area (Å²) in [6.07, 6.45) is 3.05. The molecule has 1 N–H and O–H groups in total. The van der Waals surface area contributed by atoms with Crippen LogP contribution in [-0.4, -0.2) is 20.9 Å². The predicted molar refractivity (Wildman–Crippen MR) is 61.3 cm³/mol. The number of hydrogen-bond acceptors (Lipinski definition) is 3. The zero-order valence-electron chi connectivity index (χ0n) is 9.63. The zero-order chi connectivity index (χ0) is 13.1. The first kappa shape index (κ1) is 12.1. The van der Waals surface area contributed by atoms with Gasteiger partial charge in [0.15, 0.2) is 5.75 Å². The first-order valence-electron chi connectivity index (χ1n) is 5.34. The van der Waals surface area contributed by atoms with Crippen molar-refractivity contribution in [1.29, 1.82) is 0 Å². The van der Waals surface area contributed by atoms with Crippen molar-refractivity contribution in [2.45, 2.75) is 13.5 Å². The van der Waals surface area contributed by atoms with Gasteiger partial charge in [0.05, 0.1) is 12.4 Å². The summed E-state index contributed by atoms with van der Waals surface area (Å²) in [5, 5.41) is 12.9. The van der Waals surface area contributed by atoms with Crippen molar-refractivity contribution < 1.29 is 19.0 Å². The molecule has 0 bridgehead atoms. The van der Waals surface area contributed by atoms with Gasteiger partial charge in [0.2, 0.25) is 0 Å². The first-order chi connectivity index (χ1) is 8.61. The van der Waals surface area contributed by atoms with Gasteiger partial charge in [-0.25, -0.2) is 9.18 Å². The average molecular weight is 250 g/mol. The van der Waals surface area contributed by atoms with E-state index in [0.717, 1.165) is 6.07 Å². The smallest absolute Gasteiger partial charge is 0.342 e. The van der Waals surface area contributed by atoms with Gasteiger partial charge in [-0.05, 0) is 19.1 Å². The summed E-state index contributed by atoms with van der Waals surface area (Å²) in [6.45, 7) is 2.57. The molecule has 0 aliphatic rings. The standard InChI is InChI=1S/C12H11FN2O3/c1-2-15-7-8(6-14-15)18-10-5-3-4-9(13)11(10)12(16)17/h3-7H,2H2,1H3,(H,16,17). The second-order valence-corrected chi connectivity index (χ2v) is 3.55. The van der Waals surface area contributed by atoms with Crippen LogP contribution in [0.2, 0.25) is 0 Å². The maximum atomic E-state index is 13.4. The Kier molecular flexibility index (Phi) is 3.27. The Hall–Kier alpha value is -2.37. The van der Waals surface area contributed by atoms with Crippen molar-refractivity contribution in [3.63, 3.8) is 0 Å². The highest BCUT2D eigenvalue weighted by molar-refractivity contribution is 5.91. The number of halogens is 1. The molecule has 1 heterocycles. The molecule has 6 heteroatoms. The van der Waals surface area contributed by atoms with Crippen LogP contribution in [-0.2, 0) is 6.54 Å². The van der Waals surface area contributed by atoms with E-state index in [1.807, 2.05) is 6.92 Å². The molecule has 0 saturated heterocycles. The molecule has 5 nitrogen and oxygen atoms in total. The van der Waals surface area contributed by atoms with Crippen LogP contribution in [0.1, 0.15) is 17.3 Å². The van der Waals surface area contributed by atoms with E-state index in [0.29, 0.717) is 12.3 Å². The number of carbonyl (C=O) groups is 1. The van der Waals surface area contributed by atoms with E-state index in [-0.39, 0.29) is 5.75 Å². The molecule has 0 unspecified atom stereocenters. The fraction of sp³-hybridized carbons (Fsp3) is 0.167. The number of rotatable bonds is 4. The molecular weight excluding hydrogens is 239 g/mol. The lowest BCUT2D eigenvalue weighted by atomic mass is 10.2. The molecule has 0 aliphatic heterocycles. The van der Waals surface area contributed by atoms with Crippen LogP contribution >= 0.6 is 0 Å². The van der Waals surface area contributed by atoms with Gasteiger partial charge in [0.25, 0.3) is 0 Å². The van der Waals surface area contributed by atoms with E-state index in [9.17, 15) is 9.18 Å². The van der Waals surface area contributed by atoms with E-state index < -0.39 is 17.3 Å². The molecule has 2 rings (SSSR count). The lowest BCUT2D eigenvalue weighted by Gasteiger charge is -2.06. The van der Waals surface area contributed by atoms with E-state index in [1.165, 1.54) is 18.3 Å². The van der Waals surface area contributed by atoms with Gasteiger partial charge >= 0.3 is 5.97 Å². The number of hydrogen-bond donors (Lipinski definition) is 1. The summed E-state index contributed by atoms with van der Waals surface area (Å²) in [4.78, 5) is 11.0. The van der Waals surface area contributed by atoms with Crippen molar-refractivity contribution >= 4 is 5.97 Å². The fourth-order valence-corrected chi connectivity index (χ4v) is 1.49. The van der Waals surface area contributed by atoms with Gasteiger partial charge in [-0.3, -0.25) is 4.68 Å². The largest absolute Gasteiger partial charge is 0.477 e. The Bertz CT molecular complexity index is 580. The Balaban J connectivity index is 2.34. The molecule has 1 aromatic heterocycles. The molecule has 0 atom stereocenters. The van der Waals surface area contributed by atoms with Crippen LogP contribution in [0.3, 0.4) is 0 Å². The molecule has 2 aromatic rings. The Morgan fingerprint density at radius 3 is 2.94 bits per heavy atom.